The quantitative estimate of drug-likeness (QED) is 0.820. The van der Waals surface area contributed by atoms with Gasteiger partial charge in [-0.1, -0.05) is 6.07 Å². The molecule has 0 unspecified atom stereocenters. The zero-order valence-corrected chi connectivity index (χ0v) is 9.11. The fourth-order valence-electron chi connectivity index (χ4n) is 1.57. The summed E-state index contributed by atoms with van der Waals surface area (Å²) in [6.45, 7) is 1.00. The molecule has 1 rings (SSSR count). The highest BCUT2D eigenvalue weighted by molar-refractivity contribution is 5.35. The molecule has 1 aromatic carbocycles. The van der Waals surface area contributed by atoms with Crippen molar-refractivity contribution in [2.24, 2.45) is 5.73 Å². The maximum atomic E-state index is 13.5. The molecule has 0 heterocycles. The van der Waals surface area contributed by atoms with Crippen LogP contribution in [0.15, 0.2) is 18.2 Å². The molecule has 0 aromatic heterocycles. The molecule has 0 atom stereocenters. The third-order valence-electron chi connectivity index (χ3n) is 2.41. The van der Waals surface area contributed by atoms with Gasteiger partial charge in [-0.2, -0.15) is 13.2 Å². The largest absolute Gasteiger partial charge is 0.416 e. The number of alkyl halides is 5. The van der Waals surface area contributed by atoms with Gasteiger partial charge in [-0.25, -0.2) is 8.78 Å². The predicted octanol–water partition coefficient (Wildman–Crippen LogP) is 3.45. The maximum Gasteiger partial charge on any atom is 0.416 e. The van der Waals surface area contributed by atoms with Crippen molar-refractivity contribution in [3.05, 3.63) is 34.9 Å². The van der Waals surface area contributed by atoms with Crippen molar-refractivity contribution in [2.75, 3.05) is 6.54 Å². The molecule has 0 saturated heterocycles. The Kier molecular flexibility index (Phi) is 3.76. The van der Waals surface area contributed by atoms with E-state index >= 15 is 0 Å². The lowest BCUT2D eigenvalue weighted by Crippen LogP contribution is -2.20. The topological polar surface area (TPSA) is 26.0 Å². The van der Waals surface area contributed by atoms with E-state index in [1.165, 1.54) is 6.92 Å². The minimum Gasteiger partial charge on any atom is -0.330 e. The normalized spacial score (nSPS) is 12.9. The standard InChI is InChI=1S/C11H12F5N/c1-7-6-8(11(14,15)16)2-3-9(7)10(12,13)4-5-17/h2-3,6H,4-5,17H2,1H3. The van der Waals surface area contributed by atoms with Crippen LogP contribution in [0.3, 0.4) is 0 Å². The Morgan fingerprint density at radius 3 is 2.12 bits per heavy atom. The molecule has 0 aliphatic rings. The summed E-state index contributed by atoms with van der Waals surface area (Å²) >= 11 is 0. The molecule has 0 saturated carbocycles. The van der Waals surface area contributed by atoms with E-state index < -0.39 is 29.6 Å². The van der Waals surface area contributed by atoms with Crippen molar-refractivity contribution in [3.63, 3.8) is 0 Å². The van der Waals surface area contributed by atoms with Crippen molar-refractivity contribution < 1.29 is 22.0 Å². The van der Waals surface area contributed by atoms with Crippen LogP contribution in [0.1, 0.15) is 23.1 Å². The number of hydrogen-bond donors (Lipinski definition) is 1. The van der Waals surface area contributed by atoms with Crippen LogP contribution in [0.25, 0.3) is 0 Å². The van der Waals surface area contributed by atoms with Crippen molar-refractivity contribution in [1.82, 2.24) is 0 Å². The van der Waals surface area contributed by atoms with Gasteiger partial charge >= 0.3 is 6.18 Å². The Morgan fingerprint density at radius 2 is 1.71 bits per heavy atom. The second-order valence-electron chi connectivity index (χ2n) is 3.77. The molecular weight excluding hydrogens is 241 g/mol. The van der Waals surface area contributed by atoms with Gasteiger partial charge in [0.25, 0.3) is 5.92 Å². The molecule has 0 spiro atoms. The fraction of sp³-hybridized carbons (Fsp3) is 0.455. The smallest absolute Gasteiger partial charge is 0.330 e. The first-order chi connectivity index (χ1) is 7.68. The molecule has 0 aliphatic heterocycles. The first-order valence-electron chi connectivity index (χ1n) is 4.94. The molecule has 2 N–H and O–H groups in total. The first kappa shape index (κ1) is 13.9. The minimum absolute atomic E-state index is 0.0849. The average Bonchev–Trinajstić information content (AvgIpc) is 2.15. The zero-order chi connectivity index (χ0) is 13.3. The molecule has 17 heavy (non-hydrogen) atoms. The molecule has 6 heteroatoms. The van der Waals surface area contributed by atoms with Gasteiger partial charge < -0.3 is 5.73 Å². The molecule has 0 bridgehead atoms. The second-order valence-corrected chi connectivity index (χ2v) is 3.77. The van der Waals surface area contributed by atoms with E-state index in [0.29, 0.717) is 6.07 Å². The summed E-state index contributed by atoms with van der Waals surface area (Å²) in [6, 6.07) is 2.19. The van der Waals surface area contributed by atoms with Gasteiger partial charge in [0, 0.05) is 12.0 Å². The van der Waals surface area contributed by atoms with Gasteiger partial charge in [-0.05, 0) is 31.2 Å². The third-order valence-corrected chi connectivity index (χ3v) is 2.41. The van der Waals surface area contributed by atoms with Crippen LogP contribution >= 0.6 is 0 Å². The lowest BCUT2D eigenvalue weighted by Gasteiger charge is -2.19. The van der Waals surface area contributed by atoms with Crippen molar-refractivity contribution in [1.29, 1.82) is 0 Å². The first-order valence-corrected chi connectivity index (χ1v) is 4.94. The van der Waals surface area contributed by atoms with Crippen LogP contribution in [0.2, 0.25) is 0 Å². The highest BCUT2D eigenvalue weighted by Crippen LogP contribution is 2.36. The van der Waals surface area contributed by atoms with Gasteiger partial charge in [0.2, 0.25) is 0 Å². The molecule has 1 nitrogen and oxygen atoms in total. The number of rotatable bonds is 3. The Balaban J connectivity index is 3.14. The van der Waals surface area contributed by atoms with E-state index in [-0.39, 0.29) is 12.1 Å². The van der Waals surface area contributed by atoms with Crippen LogP contribution in [0, 0.1) is 6.92 Å². The SMILES string of the molecule is Cc1cc(C(F)(F)F)ccc1C(F)(F)CCN. The zero-order valence-electron chi connectivity index (χ0n) is 9.11. The van der Waals surface area contributed by atoms with E-state index in [1.54, 1.807) is 0 Å². The van der Waals surface area contributed by atoms with Crippen molar-refractivity contribution >= 4 is 0 Å². The Hall–Kier alpha value is -1.17. The number of benzene rings is 1. The Bertz CT molecular complexity index is 397. The van der Waals surface area contributed by atoms with Gasteiger partial charge in [0.15, 0.2) is 0 Å². The summed E-state index contributed by atoms with van der Waals surface area (Å²) in [4.78, 5) is 0. The van der Waals surface area contributed by atoms with E-state index in [2.05, 4.69) is 0 Å². The van der Waals surface area contributed by atoms with Crippen LogP contribution in [0.5, 0.6) is 0 Å². The molecule has 96 valence electrons. The fourth-order valence-corrected chi connectivity index (χ4v) is 1.57. The number of nitrogens with two attached hydrogens (primary N) is 1. The molecule has 0 radical (unpaired) electrons. The van der Waals surface area contributed by atoms with Crippen molar-refractivity contribution in [3.8, 4) is 0 Å². The van der Waals surface area contributed by atoms with E-state index in [9.17, 15) is 22.0 Å². The molecular formula is C11H12F5N. The third kappa shape index (κ3) is 3.15. The number of hydrogen-bond acceptors (Lipinski definition) is 1. The Labute approximate surface area is 95.4 Å². The molecule has 0 aliphatic carbocycles. The van der Waals surface area contributed by atoms with Crippen LogP contribution < -0.4 is 5.73 Å². The molecule has 0 fully saturated rings. The summed E-state index contributed by atoms with van der Waals surface area (Å²) < 4.78 is 64.0. The summed E-state index contributed by atoms with van der Waals surface area (Å²) in [5.74, 6) is -3.19. The predicted molar refractivity (Wildman–Crippen MR) is 53.7 cm³/mol. The minimum atomic E-state index is -4.52. The summed E-state index contributed by atoms with van der Waals surface area (Å²) in [7, 11) is 0. The van der Waals surface area contributed by atoms with E-state index in [4.69, 9.17) is 5.73 Å². The summed E-state index contributed by atoms with van der Waals surface area (Å²) in [6.07, 6.45) is -5.11. The molecule has 0 amide bonds. The van der Waals surface area contributed by atoms with Gasteiger partial charge in [0.1, 0.15) is 0 Å². The highest BCUT2D eigenvalue weighted by atomic mass is 19.4. The van der Waals surface area contributed by atoms with Gasteiger partial charge in [-0.3, -0.25) is 0 Å². The monoisotopic (exact) mass is 253 g/mol. The van der Waals surface area contributed by atoms with Crippen LogP contribution in [-0.2, 0) is 12.1 Å². The highest BCUT2D eigenvalue weighted by Gasteiger charge is 2.35. The lowest BCUT2D eigenvalue weighted by atomic mass is 9.98. The summed E-state index contributed by atoms with van der Waals surface area (Å²) in [5.41, 5.74) is 3.62. The number of aryl methyl sites for hydroxylation is 1. The van der Waals surface area contributed by atoms with E-state index in [1.807, 2.05) is 0 Å². The maximum absolute atomic E-state index is 13.5. The van der Waals surface area contributed by atoms with E-state index in [0.717, 1.165) is 12.1 Å². The van der Waals surface area contributed by atoms with Crippen molar-refractivity contribution in [2.45, 2.75) is 25.4 Å². The number of halogens is 5. The second kappa shape index (κ2) is 4.60. The average molecular weight is 253 g/mol. The van der Waals surface area contributed by atoms with Crippen LogP contribution in [0.4, 0.5) is 22.0 Å². The molecule has 1 aromatic rings. The van der Waals surface area contributed by atoms with Gasteiger partial charge in [-0.15, -0.1) is 0 Å². The van der Waals surface area contributed by atoms with Crippen LogP contribution in [-0.4, -0.2) is 6.54 Å². The lowest BCUT2D eigenvalue weighted by molar-refractivity contribution is -0.137. The Morgan fingerprint density at radius 1 is 1.12 bits per heavy atom. The van der Waals surface area contributed by atoms with Gasteiger partial charge in [0.05, 0.1) is 5.56 Å². The summed E-state index contributed by atoms with van der Waals surface area (Å²) in [5, 5.41) is 0.